The van der Waals surface area contributed by atoms with Crippen LogP contribution in [0.1, 0.15) is 56.1 Å². The minimum Gasteiger partial charge on any atom is -0.481 e. The van der Waals surface area contributed by atoms with E-state index in [1.54, 1.807) is 11.8 Å². The summed E-state index contributed by atoms with van der Waals surface area (Å²) in [5.41, 5.74) is 3.50. The molecular formula is C28H30N2O5. The maximum atomic E-state index is 13.8. The number of nitrogens with zero attached hydrogens (tertiary/aromatic N) is 1. The molecule has 7 heteroatoms. The van der Waals surface area contributed by atoms with Crippen LogP contribution in [0.15, 0.2) is 48.5 Å². The lowest BCUT2D eigenvalue weighted by Gasteiger charge is -2.36. The number of carbonyl (C=O) groups excluding carboxylic acids is 2. The Morgan fingerprint density at radius 2 is 1.63 bits per heavy atom. The van der Waals surface area contributed by atoms with Crippen LogP contribution in [0, 0.1) is 11.8 Å². The molecule has 35 heavy (non-hydrogen) atoms. The Labute approximate surface area is 204 Å². The van der Waals surface area contributed by atoms with Crippen molar-refractivity contribution in [2.45, 2.75) is 62.6 Å². The molecule has 7 nitrogen and oxygen atoms in total. The van der Waals surface area contributed by atoms with Crippen LogP contribution in [0.4, 0.5) is 4.79 Å². The molecule has 2 aliphatic carbocycles. The number of nitrogens with one attached hydrogen (secondary N) is 1. The number of amides is 2. The Hall–Kier alpha value is -3.35. The van der Waals surface area contributed by atoms with Gasteiger partial charge in [-0.25, -0.2) is 4.79 Å². The van der Waals surface area contributed by atoms with Crippen LogP contribution < -0.4 is 5.32 Å². The standard InChI is InChI=1S/C28H30N2O5/c1-28(16-10-11-16,26(33)30-17-12-13-24(30)22(14-17)25(31)32)29-27(34)35-15-23-20-8-4-2-6-18(20)19-7-3-5-9-21(19)23/h2-9,16-17,22-24H,10-15H2,1H3,(H,29,34)(H,31,32)/t17-,22+,24+,28?/m1/s1. The van der Waals surface area contributed by atoms with Crippen molar-refractivity contribution in [3.05, 3.63) is 59.7 Å². The number of ether oxygens (including phenoxy) is 1. The van der Waals surface area contributed by atoms with Crippen LogP contribution in [-0.4, -0.2) is 52.2 Å². The summed E-state index contributed by atoms with van der Waals surface area (Å²) in [7, 11) is 0. The maximum absolute atomic E-state index is 13.8. The molecule has 0 radical (unpaired) electrons. The first kappa shape index (κ1) is 22.1. The van der Waals surface area contributed by atoms with Gasteiger partial charge in [-0.15, -0.1) is 0 Å². The molecule has 2 aromatic carbocycles. The lowest BCUT2D eigenvalue weighted by molar-refractivity contribution is -0.144. The van der Waals surface area contributed by atoms with Gasteiger partial charge in [-0.1, -0.05) is 48.5 Å². The minimum atomic E-state index is -1.09. The van der Waals surface area contributed by atoms with Gasteiger partial charge in [0.2, 0.25) is 5.91 Å². The SMILES string of the molecule is CC(NC(=O)OCC1c2ccccc2-c2ccccc21)(C(=O)N1[C@@H]2CC[C@H]1[C@@H](C(=O)O)C2)C1CC1. The maximum Gasteiger partial charge on any atom is 0.408 e. The lowest BCUT2D eigenvalue weighted by atomic mass is 9.89. The van der Waals surface area contributed by atoms with Gasteiger partial charge in [0.05, 0.1) is 5.92 Å². The van der Waals surface area contributed by atoms with E-state index in [1.165, 1.54) is 0 Å². The van der Waals surface area contributed by atoms with E-state index in [-0.39, 0.29) is 36.4 Å². The summed E-state index contributed by atoms with van der Waals surface area (Å²) in [6.07, 6.45) is 3.15. The number of alkyl carbamates (subject to hydrolysis) is 1. The van der Waals surface area contributed by atoms with Crippen molar-refractivity contribution in [1.29, 1.82) is 0 Å². The van der Waals surface area contributed by atoms with Gasteiger partial charge in [-0.05, 0) is 67.2 Å². The first-order chi connectivity index (χ1) is 16.9. The zero-order valence-corrected chi connectivity index (χ0v) is 19.8. The van der Waals surface area contributed by atoms with Crippen LogP contribution in [0.3, 0.4) is 0 Å². The van der Waals surface area contributed by atoms with Crippen LogP contribution >= 0.6 is 0 Å². The third-order valence-electron chi connectivity index (χ3n) is 8.63. The third-order valence-corrected chi connectivity index (χ3v) is 8.63. The molecule has 4 aliphatic rings. The largest absolute Gasteiger partial charge is 0.481 e. The number of carbonyl (C=O) groups is 3. The molecule has 2 heterocycles. The van der Waals surface area contributed by atoms with Gasteiger partial charge < -0.3 is 20.1 Å². The van der Waals surface area contributed by atoms with Crippen molar-refractivity contribution < 1.29 is 24.2 Å². The fourth-order valence-electron chi connectivity index (χ4n) is 6.68. The summed E-state index contributed by atoms with van der Waals surface area (Å²) >= 11 is 0. The second-order valence-corrected chi connectivity index (χ2v) is 10.6. The molecule has 2 bridgehead atoms. The summed E-state index contributed by atoms with van der Waals surface area (Å²) < 4.78 is 5.74. The molecule has 6 rings (SSSR count). The summed E-state index contributed by atoms with van der Waals surface area (Å²) in [6.45, 7) is 1.97. The van der Waals surface area contributed by atoms with Crippen molar-refractivity contribution >= 4 is 18.0 Å². The molecule has 0 aromatic heterocycles. The van der Waals surface area contributed by atoms with Crippen LogP contribution in [0.25, 0.3) is 11.1 Å². The summed E-state index contributed by atoms with van der Waals surface area (Å²) in [6, 6.07) is 16.0. The molecule has 2 N–H and O–H groups in total. The molecule has 0 spiro atoms. The first-order valence-corrected chi connectivity index (χ1v) is 12.6. The van der Waals surface area contributed by atoms with E-state index in [0.29, 0.717) is 12.8 Å². The van der Waals surface area contributed by atoms with Crippen molar-refractivity contribution in [3.8, 4) is 11.1 Å². The number of carboxylic acids is 1. The van der Waals surface area contributed by atoms with Crippen LogP contribution in [0.2, 0.25) is 0 Å². The average Bonchev–Trinajstić information content (AvgIpc) is 3.47. The lowest BCUT2D eigenvalue weighted by Crippen LogP contribution is -2.60. The van der Waals surface area contributed by atoms with E-state index >= 15 is 0 Å². The van der Waals surface area contributed by atoms with Gasteiger partial charge in [-0.2, -0.15) is 0 Å². The number of benzene rings is 2. The summed E-state index contributed by atoms with van der Waals surface area (Å²) in [4.78, 5) is 40.3. The molecular weight excluding hydrogens is 444 g/mol. The molecule has 4 atom stereocenters. The Kier molecular flexibility index (Phi) is 5.13. The van der Waals surface area contributed by atoms with E-state index in [9.17, 15) is 19.5 Å². The number of rotatable bonds is 6. The predicted octanol–water partition coefficient (Wildman–Crippen LogP) is 4.16. The van der Waals surface area contributed by atoms with Crippen molar-refractivity contribution in [2.75, 3.05) is 6.61 Å². The second-order valence-electron chi connectivity index (χ2n) is 10.6. The average molecular weight is 475 g/mol. The predicted molar refractivity (Wildman–Crippen MR) is 129 cm³/mol. The topological polar surface area (TPSA) is 95.9 Å². The molecule has 2 saturated heterocycles. The molecule has 2 amide bonds. The number of aliphatic carboxylic acids is 1. The zero-order chi connectivity index (χ0) is 24.3. The minimum absolute atomic E-state index is 0.0405. The molecule has 2 aromatic rings. The Morgan fingerprint density at radius 3 is 2.20 bits per heavy atom. The van der Waals surface area contributed by atoms with E-state index in [4.69, 9.17) is 4.74 Å². The molecule has 3 fully saturated rings. The van der Waals surface area contributed by atoms with Crippen LogP contribution in [-0.2, 0) is 14.3 Å². The van der Waals surface area contributed by atoms with E-state index < -0.39 is 23.5 Å². The second kappa shape index (κ2) is 8.11. The van der Waals surface area contributed by atoms with Gasteiger partial charge >= 0.3 is 12.1 Å². The Morgan fingerprint density at radius 1 is 1.00 bits per heavy atom. The van der Waals surface area contributed by atoms with Gasteiger partial charge in [0.15, 0.2) is 0 Å². The van der Waals surface area contributed by atoms with Crippen molar-refractivity contribution in [2.24, 2.45) is 11.8 Å². The van der Waals surface area contributed by atoms with Gasteiger partial charge in [-0.3, -0.25) is 9.59 Å². The first-order valence-electron chi connectivity index (χ1n) is 12.6. The quantitative estimate of drug-likeness (QED) is 0.656. The monoisotopic (exact) mass is 474 g/mol. The highest BCUT2D eigenvalue weighted by molar-refractivity contribution is 5.92. The highest BCUT2D eigenvalue weighted by Gasteiger charge is 2.58. The Bertz CT molecular complexity index is 1160. The van der Waals surface area contributed by atoms with Crippen LogP contribution in [0.5, 0.6) is 0 Å². The summed E-state index contributed by atoms with van der Waals surface area (Å²) in [5, 5.41) is 12.5. The molecule has 1 unspecified atom stereocenters. The smallest absolute Gasteiger partial charge is 0.408 e. The third kappa shape index (κ3) is 3.51. The molecule has 182 valence electrons. The van der Waals surface area contributed by atoms with Gasteiger partial charge in [0, 0.05) is 18.0 Å². The number of fused-ring (bicyclic) bond motifs is 5. The van der Waals surface area contributed by atoms with Crippen molar-refractivity contribution in [1.82, 2.24) is 10.2 Å². The van der Waals surface area contributed by atoms with E-state index in [0.717, 1.165) is 41.5 Å². The fraction of sp³-hybridized carbons (Fsp3) is 0.464. The number of hydrogen-bond acceptors (Lipinski definition) is 4. The van der Waals surface area contributed by atoms with Crippen molar-refractivity contribution in [3.63, 3.8) is 0 Å². The number of carboxylic acid groups (broad SMARTS) is 1. The normalized spacial score (nSPS) is 26.1. The number of hydrogen-bond donors (Lipinski definition) is 2. The molecule has 1 saturated carbocycles. The summed E-state index contributed by atoms with van der Waals surface area (Å²) in [5.74, 6) is -1.53. The van der Waals surface area contributed by atoms with E-state index in [2.05, 4.69) is 29.6 Å². The Balaban J connectivity index is 1.17. The zero-order valence-electron chi connectivity index (χ0n) is 19.8. The fourth-order valence-corrected chi connectivity index (χ4v) is 6.68. The highest BCUT2D eigenvalue weighted by atomic mass is 16.5. The van der Waals surface area contributed by atoms with Gasteiger partial charge in [0.1, 0.15) is 12.1 Å². The molecule has 2 aliphatic heterocycles. The van der Waals surface area contributed by atoms with Gasteiger partial charge in [0.25, 0.3) is 0 Å². The highest BCUT2D eigenvalue weighted by Crippen LogP contribution is 2.47. The van der Waals surface area contributed by atoms with E-state index in [1.807, 2.05) is 24.3 Å².